The topological polar surface area (TPSA) is 58.0 Å². The lowest BCUT2D eigenvalue weighted by molar-refractivity contribution is -0.148. The van der Waals surface area contributed by atoms with Crippen LogP contribution in [0.3, 0.4) is 0 Å². The molecule has 8 heteroatoms. The van der Waals surface area contributed by atoms with E-state index in [-0.39, 0.29) is 5.75 Å². The summed E-state index contributed by atoms with van der Waals surface area (Å²) in [5, 5.41) is 3.34. The highest BCUT2D eigenvalue weighted by Gasteiger charge is 2.41. The maximum absolute atomic E-state index is 12.6. The van der Waals surface area contributed by atoms with Crippen LogP contribution in [0.4, 0.5) is 23.2 Å². The van der Waals surface area contributed by atoms with Crippen LogP contribution >= 0.6 is 0 Å². The summed E-state index contributed by atoms with van der Waals surface area (Å²) in [5.74, 6) is -4.19. The fourth-order valence-corrected chi connectivity index (χ4v) is 1.12. The quantitative estimate of drug-likeness (QED) is 0.339. The first-order chi connectivity index (χ1) is 8.36. The molecule has 1 aromatic carbocycles. The third kappa shape index (κ3) is 3.53. The molecule has 0 aliphatic heterocycles. The van der Waals surface area contributed by atoms with Gasteiger partial charge >= 0.3 is 12.3 Å². The maximum Gasteiger partial charge on any atom is 0.340 e. The van der Waals surface area contributed by atoms with Crippen LogP contribution in [-0.4, -0.2) is 19.0 Å². The molecule has 98 valence electrons. The average molecular weight is 263 g/mol. The predicted molar refractivity (Wildman–Crippen MR) is 56.4 cm³/mol. The number of benzene rings is 1. The molecule has 0 unspecified atom stereocenters. The molecule has 1 aromatic rings. The van der Waals surface area contributed by atoms with E-state index in [0.29, 0.717) is 11.3 Å². The maximum atomic E-state index is 12.6. The van der Waals surface area contributed by atoms with Gasteiger partial charge in [0.05, 0.1) is 0 Å². The number of nitrogens with zero attached hydrogens (tertiary/aromatic N) is 3. The Morgan fingerprint density at radius 1 is 1.44 bits per heavy atom. The molecule has 4 nitrogen and oxygen atoms in total. The second kappa shape index (κ2) is 5.59. The highest BCUT2D eigenvalue weighted by Crippen LogP contribution is 2.27. The molecule has 0 atom stereocenters. The molecule has 0 radical (unpaired) electrons. The number of halogens is 4. The third-order valence-electron chi connectivity index (χ3n) is 2.07. The second-order valence-corrected chi connectivity index (χ2v) is 3.49. The van der Waals surface area contributed by atoms with Gasteiger partial charge < -0.3 is 4.74 Å². The van der Waals surface area contributed by atoms with Gasteiger partial charge in [0, 0.05) is 10.6 Å². The van der Waals surface area contributed by atoms with Gasteiger partial charge in [-0.3, -0.25) is 0 Å². The van der Waals surface area contributed by atoms with Crippen molar-refractivity contribution in [3.8, 4) is 5.75 Å². The van der Waals surface area contributed by atoms with Gasteiger partial charge in [0.2, 0.25) is 0 Å². The predicted octanol–water partition coefficient (Wildman–Crippen LogP) is 4.22. The van der Waals surface area contributed by atoms with Crippen molar-refractivity contribution in [1.82, 2.24) is 0 Å². The molecule has 0 bridgehead atoms. The largest absolute Gasteiger partial charge is 0.487 e. The summed E-state index contributed by atoms with van der Waals surface area (Å²) in [6, 6.07) is 3.94. The molecule has 0 aliphatic rings. The first-order valence-corrected chi connectivity index (χ1v) is 4.81. The van der Waals surface area contributed by atoms with Crippen LogP contribution in [0.15, 0.2) is 23.3 Å². The lowest BCUT2D eigenvalue weighted by Crippen LogP contribution is -2.33. The lowest BCUT2D eigenvalue weighted by atomic mass is 10.2. The van der Waals surface area contributed by atoms with Crippen LogP contribution < -0.4 is 4.74 Å². The average Bonchev–Trinajstić information content (AvgIpc) is 2.30. The Balaban J connectivity index is 2.75. The van der Waals surface area contributed by atoms with Gasteiger partial charge in [-0.2, -0.15) is 8.78 Å². The summed E-state index contributed by atoms with van der Waals surface area (Å²) >= 11 is 0. The van der Waals surface area contributed by atoms with Crippen molar-refractivity contribution in [3.05, 3.63) is 34.2 Å². The Labute approximate surface area is 99.8 Å². The van der Waals surface area contributed by atoms with Gasteiger partial charge in [-0.1, -0.05) is 5.11 Å². The molecule has 0 fully saturated rings. The lowest BCUT2D eigenvalue weighted by Gasteiger charge is -2.16. The molecule has 0 saturated heterocycles. The smallest absolute Gasteiger partial charge is 0.340 e. The zero-order chi connectivity index (χ0) is 13.8. The minimum atomic E-state index is -4.20. The standard InChI is InChI=1S/C10H9F4N3O/c1-6-4-7(2-3-8(6)16-17-15)18-5-10(13,14)9(11)12/h2-4,9H,5H2,1H3. The molecule has 0 amide bonds. The van der Waals surface area contributed by atoms with E-state index in [4.69, 9.17) is 5.53 Å². The first-order valence-electron chi connectivity index (χ1n) is 4.81. The number of aryl methyl sites for hydroxylation is 1. The summed E-state index contributed by atoms with van der Waals surface area (Å²) in [5.41, 5.74) is 9.03. The van der Waals surface area contributed by atoms with Crippen LogP contribution in [-0.2, 0) is 0 Å². The minimum absolute atomic E-state index is 0.00437. The first kappa shape index (κ1) is 14.1. The van der Waals surface area contributed by atoms with E-state index in [1.54, 1.807) is 6.92 Å². The molecule has 0 heterocycles. The molecule has 0 saturated carbocycles. The van der Waals surface area contributed by atoms with Crippen molar-refractivity contribution < 1.29 is 22.3 Å². The van der Waals surface area contributed by atoms with Crippen LogP contribution in [0.2, 0.25) is 0 Å². The third-order valence-corrected chi connectivity index (χ3v) is 2.07. The van der Waals surface area contributed by atoms with E-state index in [0.717, 1.165) is 0 Å². The highest BCUT2D eigenvalue weighted by molar-refractivity contribution is 5.48. The van der Waals surface area contributed by atoms with E-state index in [1.165, 1.54) is 18.2 Å². The summed E-state index contributed by atoms with van der Waals surface area (Å²) in [6.07, 6.45) is -3.78. The van der Waals surface area contributed by atoms with Crippen molar-refractivity contribution in [2.45, 2.75) is 19.3 Å². The number of hydrogen-bond acceptors (Lipinski definition) is 2. The van der Waals surface area contributed by atoms with Crippen molar-refractivity contribution in [1.29, 1.82) is 0 Å². The van der Waals surface area contributed by atoms with Crippen molar-refractivity contribution in [2.24, 2.45) is 5.11 Å². The van der Waals surface area contributed by atoms with Crippen LogP contribution in [0.25, 0.3) is 10.4 Å². The summed E-state index contributed by atoms with van der Waals surface area (Å²) < 4.78 is 53.5. The number of hydrogen-bond donors (Lipinski definition) is 0. The number of rotatable bonds is 5. The Morgan fingerprint density at radius 2 is 2.11 bits per heavy atom. The summed E-state index contributed by atoms with van der Waals surface area (Å²) in [6.45, 7) is 0.160. The number of azide groups is 1. The molecular weight excluding hydrogens is 254 g/mol. The molecule has 0 aromatic heterocycles. The van der Waals surface area contributed by atoms with Gasteiger partial charge in [-0.05, 0) is 36.2 Å². The Morgan fingerprint density at radius 3 is 2.61 bits per heavy atom. The van der Waals surface area contributed by atoms with Crippen LogP contribution in [0.5, 0.6) is 5.75 Å². The monoisotopic (exact) mass is 263 g/mol. The van der Waals surface area contributed by atoms with Gasteiger partial charge in [-0.25, -0.2) is 8.78 Å². The van der Waals surface area contributed by atoms with Crippen molar-refractivity contribution in [2.75, 3.05) is 6.61 Å². The van der Waals surface area contributed by atoms with Crippen LogP contribution in [0, 0.1) is 6.92 Å². The summed E-state index contributed by atoms with van der Waals surface area (Å²) in [4.78, 5) is 2.57. The zero-order valence-electron chi connectivity index (χ0n) is 9.28. The molecule has 0 N–H and O–H groups in total. The second-order valence-electron chi connectivity index (χ2n) is 3.49. The van der Waals surface area contributed by atoms with Gasteiger partial charge in [0.15, 0.2) is 6.61 Å². The van der Waals surface area contributed by atoms with E-state index >= 15 is 0 Å². The van der Waals surface area contributed by atoms with E-state index < -0.39 is 19.0 Å². The highest BCUT2D eigenvalue weighted by atomic mass is 19.3. The van der Waals surface area contributed by atoms with Gasteiger partial charge in [-0.15, -0.1) is 0 Å². The fraction of sp³-hybridized carbons (Fsp3) is 0.400. The summed E-state index contributed by atoms with van der Waals surface area (Å²) in [7, 11) is 0. The van der Waals surface area contributed by atoms with E-state index in [9.17, 15) is 17.6 Å². The SMILES string of the molecule is Cc1cc(OCC(F)(F)C(F)F)ccc1N=[N+]=[N-]. The Hall–Kier alpha value is -1.95. The zero-order valence-corrected chi connectivity index (χ0v) is 9.28. The van der Waals surface area contributed by atoms with E-state index in [1.807, 2.05) is 0 Å². The molecule has 0 spiro atoms. The van der Waals surface area contributed by atoms with Crippen molar-refractivity contribution in [3.63, 3.8) is 0 Å². The minimum Gasteiger partial charge on any atom is -0.487 e. The fourth-order valence-electron chi connectivity index (χ4n) is 1.12. The molecule has 18 heavy (non-hydrogen) atoms. The molecule has 0 aliphatic carbocycles. The van der Waals surface area contributed by atoms with Gasteiger partial charge in [0.1, 0.15) is 5.75 Å². The normalized spacial score (nSPS) is 11.2. The van der Waals surface area contributed by atoms with Crippen molar-refractivity contribution >= 4 is 5.69 Å². The van der Waals surface area contributed by atoms with Crippen LogP contribution in [0.1, 0.15) is 5.56 Å². The number of ether oxygens (including phenoxy) is 1. The molecule has 1 rings (SSSR count). The van der Waals surface area contributed by atoms with E-state index in [2.05, 4.69) is 14.8 Å². The van der Waals surface area contributed by atoms with Gasteiger partial charge in [0.25, 0.3) is 0 Å². The Bertz CT molecular complexity index is 472. The Kier molecular flexibility index (Phi) is 4.38. The number of alkyl halides is 4. The molecular formula is C10H9F4N3O.